The standard InChI is InChI=1S/C22H32N2O5S/c1-29-19-5-7-20(8-6-19)30(27,28)24-13-9-17(10-14-24)21(25)23-15-12-22(26)11-3-2-4-18(22)16-23/h5-8,17-18,26H,2-4,9-16H2,1H3/t18-,22+/m0/s1. The van der Waals surface area contributed by atoms with Gasteiger partial charge in [0.15, 0.2) is 0 Å². The molecule has 30 heavy (non-hydrogen) atoms. The molecule has 4 rings (SSSR count). The van der Waals surface area contributed by atoms with Gasteiger partial charge in [0.05, 0.1) is 17.6 Å². The minimum atomic E-state index is -3.57. The van der Waals surface area contributed by atoms with E-state index in [0.29, 0.717) is 51.2 Å². The summed E-state index contributed by atoms with van der Waals surface area (Å²) in [6.07, 6.45) is 5.77. The van der Waals surface area contributed by atoms with Crippen LogP contribution in [-0.4, -0.2) is 67.5 Å². The van der Waals surface area contributed by atoms with E-state index in [1.807, 2.05) is 4.90 Å². The van der Waals surface area contributed by atoms with Gasteiger partial charge in [-0.1, -0.05) is 12.8 Å². The predicted molar refractivity (Wildman–Crippen MR) is 113 cm³/mol. The highest BCUT2D eigenvalue weighted by Gasteiger charge is 2.45. The van der Waals surface area contributed by atoms with E-state index >= 15 is 0 Å². The quantitative estimate of drug-likeness (QED) is 0.782. The van der Waals surface area contributed by atoms with Gasteiger partial charge in [-0.3, -0.25) is 4.79 Å². The number of carbonyl (C=O) groups is 1. The highest BCUT2D eigenvalue weighted by Crippen LogP contribution is 2.40. The summed E-state index contributed by atoms with van der Waals surface area (Å²) in [6.45, 7) is 1.95. The maximum atomic E-state index is 13.1. The summed E-state index contributed by atoms with van der Waals surface area (Å²) in [5.41, 5.74) is -0.592. The lowest BCUT2D eigenvalue weighted by molar-refractivity contribution is -0.148. The van der Waals surface area contributed by atoms with Gasteiger partial charge in [0.1, 0.15) is 5.75 Å². The fourth-order valence-electron chi connectivity index (χ4n) is 5.27. The minimum absolute atomic E-state index is 0.129. The Morgan fingerprint density at radius 2 is 1.77 bits per heavy atom. The lowest BCUT2D eigenvalue weighted by atomic mass is 9.71. The van der Waals surface area contributed by atoms with Crippen LogP contribution in [-0.2, 0) is 14.8 Å². The van der Waals surface area contributed by atoms with Crippen LogP contribution in [0.5, 0.6) is 5.75 Å². The topological polar surface area (TPSA) is 87.2 Å². The number of likely N-dealkylation sites (tertiary alicyclic amines) is 1. The molecule has 1 aromatic rings. The molecule has 0 spiro atoms. The van der Waals surface area contributed by atoms with Gasteiger partial charge >= 0.3 is 0 Å². The van der Waals surface area contributed by atoms with Gasteiger partial charge in [-0.15, -0.1) is 0 Å². The molecule has 2 atom stereocenters. The summed E-state index contributed by atoms with van der Waals surface area (Å²) < 4.78 is 32.4. The third-order valence-corrected chi connectivity index (χ3v) is 9.15. The number of fused-ring (bicyclic) bond motifs is 1. The number of ether oxygens (including phenoxy) is 1. The molecule has 1 saturated carbocycles. The van der Waals surface area contributed by atoms with Crippen LogP contribution in [0.1, 0.15) is 44.9 Å². The third kappa shape index (κ3) is 4.09. The number of amides is 1. The van der Waals surface area contributed by atoms with E-state index in [9.17, 15) is 18.3 Å². The zero-order valence-corrected chi connectivity index (χ0v) is 18.4. The van der Waals surface area contributed by atoms with Gasteiger partial charge in [-0.05, 0) is 56.4 Å². The average molecular weight is 437 g/mol. The van der Waals surface area contributed by atoms with Crippen molar-refractivity contribution in [3.8, 4) is 5.75 Å². The van der Waals surface area contributed by atoms with Crippen molar-refractivity contribution in [1.29, 1.82) is 0 Å². The highest BCUT2D eigenvalue weighted by atomic mass is 32.2. The first-order valence-corrected chi connectivity index (χ1v) is 12.4. The van der Waals surface area contributed by atoms with Crippen molar-refractivity contribution in [2.75, 3.05) is 33.3 Å². The van der Waals surface area contributed by atoms with Crippen molar-refractivity contribution in [1.82, 2.24) is 9.21 Å². The fraction of sp³-hybridized carbons (Fsp3) is 0.682. The van der Waals surface area contributed by atoms with E-state index in [-0.39, 0.29) is 22.6 Å². The van der Waals surface area contributed by atoms with Crippen LogP contribution in [0.3, 0.4) is 0 Å². The molecule has 2 saturated heterocycles. The van der Waals surface area contributed by atoms with Crippen LogP contribution >= 0.6 is 0 Å². The Morgan fingerprint density at radius 3 is 2.43 bits per heavy atom. The number of sulfonamides is 1. The van der Waals surface area contributed by atoms with Crippen molar-refractivity contribution < 1.29 is 23.1 Å². The number of carbonyl (C=O) groups excluding carboxylic acids is 1. The lowest BCUT2D eigenvalue weighted by Gasteiger charge is -2.48. The molecule has 0 bridgehead atoms. The van der Waals surface area contributed by atoms with Crippen molar-refractivity contribution in [2.24, 2.45) is 11.8 Å². The molecular formula is C22H32N2O5S. The first kappa shape index (κ1) is 21.6. The summed E-state index contributed by atoms with van der Waals surface area (Å²) >= 11 is 0. The average Bonchev–Trinajstić information content (AvgIpc) is 2.78. The molecule has 2 aliphatic heterocycles. The third-order valence-electron chi connectivity index (χ3n) is 7.24. The Bertz CT molecular complexity index is 864. The molecule has 1 N–H and O–H groups in total. The van der Waals surface area contributed by atoms with Crippen LogP contribution in [0.25, 0.3) is 0 Å². The fourth-order valence-corrected chi connectivity index (χ4v) is 6.74. The molecule has 0 aromatic heterocycles. The molecule has 3 aliphatic rings. The molecule has 2 heterocycles. The summed E-state index contributed by atoms with van der Waals surface area (Å²) in [4.78, 5) is 15.3. The number of hydrogen-bond donors (Lipinski definition) is 1. The second-order valence-electron chi connectivity index (χ2n) is 8.93. The van der Waals surface area contributed by atoms with Gasteiger partial charge in [-0.25, -0.2) is 8.42 Å². The van der Waals surface area contributed by atoms with Gasteiger partial charge < -0.3 is 14.7 Å². The van der Waals surface area contributed by atoms with Gasteiger partial charge in [-0.2, -0.15) is 4.31 Å². The van der Waals surface area contributed by atoms with Crippen LogP contribution in [0.15, 0.2) is 29.2 Å². The number of nitrogens with zero attached hydrogens (tertiary/aromatic N) is 2. The second kappa shape index (κ2) is 8.48. The number of piperidine rings is 2. The zero-order chi connectivity index (χ0) is 21.4. The van der Waals surface area contributed by atoms with E-state index < -0.39 is 15.6 Å². The summed E-state index contributed by atoms with van der Waals surface area (Å²) in [7, 11) is -2.02. The Morgan fingerprint density at radius 1 is 1.07 bits per heavy atom. The van der Waals surface area contributed by atoms with Crippen LogP contribution in [0, 0.1) is 11.8 Å². The van der Waals surface area contributed by atoms with E-state index in [1.165, 1.54) is 4.31 Å². The smallest absolute Gasteiger partial charge is 0.243 e. The number of rotatable bonds is 4. The molecule has 1 aromatic carbocycles. The predicted octanol–water partition coefficient (Wildman–Crippen LogP) is 2.25. The van der Waals surface area contributed by atoms with E-state index in [2.05, 4.69) is 0 Å². The molecule has 3 fully saturated rings. The number of hydrogen-bond acceptors (Lipinski definition) is 5. The van der Waals surface area contributed by atoms with Crippen molar-refractivity contribution in [2.45, 2.75) is 55.4 Å². The van der Waals surface area contributed by atoms with Crippen LogP contribution in [0.2, 0.25) is 0 Å². The molecule has 7 nitrogen and oxygen atoms in total. The van der Waals surface area contributed by atoms with Crippen molar-refractivity contribution in [3.05, 3.63) is 24.3 Å². The minimum Gasteiger partial charge on any atom is -0.497 e. The van der Waals surface area contributed by atoms with Crippen LogP contribution in [0.4, 0.5) is 0 Å². The Hall–Kier alpha value is -1.64. The first-order chi connectivity index (χ1) is 14.3. The van der Waals surface area contributed by atoms with Gasteiger partial charge in [0.25, 0.3) is 0 Å². The number of aliphatic hydroxyl groups is 1. The van der Waals surface area contributed by atoms with Crippen molar-refractivity contribution in [3.63, 3.8) is 0 Å². The lowest BCUT2D eigenvalue weighted by Crippen LogP contribution is -2.56. The normalized spacial score (nSPS) is 28.7. The Balaban J connectivity index is 1.35. The van der Waals surface area contributed by atoms with Crippen molar-refractivity contribution >= 4 is 15.9 Å². The highest BCUT2D eigenvalue weighted by molar-refractivity contribution is 7.89. The maximum absolute atomic E-state index is 13.1. The monoisotopic (exact) mass is 436 g/mol. The summed E-state index contributed by atoms with van der Waals surface area (Å²) in [5, 5.41) is 10.8. The molecule has 1 amide bonds. The molecule has 0 radical (unpaired) electrons. The second-order valence-corrected chi connectivity index (χ2v) is 10.9. The molecule has 8 heteroatoms. The van der Waals surface area contributed by atoms with E-state index in [1.54, 1.807) is 31.4 Å². The van der Waals surface area contributed by atoms with Gasteiger partial charge in [0, 0.05) is 38.0 Å². The number of benzene rings is 1. The largest absolute Gasteiger partial charge is 0.497 e. The SMILES string of the molecule is COc1ccc(S(=O)(=O)N2CCC(C(=O)N3CC[C@]4(O)CCCC[C@H]4C3)CC2)cc1. The summed E-state index contributed by atoms with van der Waals surface area (Å²) in [5.74, 6) is 0.787. The first-order valence-electron chi connectivity index (χ1n) is 11.0. The Kier molecular flexibility index (Phi) is 6.10. The molecule has 0 unspecified atom stereocenters. The Labute approximate surface area is 179 Å². The maximum Gasteiger partial charge on any atom is 0.243 e. The van der Waals surface area contributed by atoms with E-state index in [4.69, 9.17) is 4.74 Å². The van der Waals surface area contributed by atoms with Crippen LogP contribution < -0.4 is 4.74 Å². The summed E-state index contributed by atoms with van der Waals surface area (Å²) in [6, 6.07) is 6.41. The number of methoxy groups -OCH3 is 1. The van der Waals surface area contributed by atoms with E-state index in [0.717, 1.165) is 25.7 Å². The molecule has 1 aliphatic carbocycles. The molecular weight excluding hydrogens is 404 g/mol. The zero-order valence-electron chi connectivity index (χ0n) is 17.6. The molecule has 166 valence electrons. The van der Waals surface area contributed by atoms with Gasteiger partial charge in [0.2, 0.25) is 15.9 Å².